The predicted molar refractivity (Wildman–Crippen MR) is 81.6 cm³/mol. The van der Waals surface area contributed by atoms with Crippen LogP contribution >= 0.6 is 11.6 Å². The normalized spacial score (nSPS) is 14.0. The van der Waals surface area contributed by atoms with Crippen molar-refractivity contribution in [2.45, 2.75) is 32.8 Å². The fourth-order valence-corrected chi connectivity index (χ4v) is 2.32. The number of nitrogens with one attached hydrogen (secondary N) is 1. The number of carbonyl (C=O) groups is 2. The lowest BCUT2D eigenvalue weighted by molar-refractivity contribution is 0.138. The number of amides is 2. The van der Waals surface area contributed by atoms with E-state index in [2.05, 4.69) is 22.2 Å². The lowest BCUT2D eigenvalue weighted by Crippen LogP contribution is -2.44. The standard InChI is InChI=1S/C15H15ClN2O4/c1-4-8-21-14(20)17-18(13(16)19)11-7-5-6-10-9-15(2,3)22-12(10)11/h5-7H,9H2,1-3H3,(H,17,20). The van der Waals surface area contributed by atoms with Crippen molar-refractivity contribution in [2.75, 3.05) is 5.01 Å². The van der Waals surface area contributed by atoms with Gasteiger partial charge in [0.05, 0.1) is 0 Å². The van der Waals surface area contributed by atoms with Gasteiger partial charge >= 0.3 is 11.5 Å². The Hall–Kier alpha value is -2.39. The molecule has 0 saturated carbocycles. The summed E-state index contributed by atoms with van der Waals surface area (Å²) in [6, 6.07) is 5.27. The molecule has 0 atom stereocenters. The number of benzene rings is 1. The van der Waals surface area contributed by atoms with Gasteiger partial charge in [-0.05, 0) is 31.5 Å². The molecular formula is C15H15ClN2O4. The molecule has 2 amide bonds. The minimum atomic E-state index is -0.918. The van der Waals surface area contributed by atoms with Crippen molar-refractivity contribution in [3.63, 3.8) is 0 Å². The Morgan fingerprint density at radius 3 is 2.82 bits per heavy atom. The summed E-state index contributed by atoms with van der Waals surface area (Å²) in [5.41, 5.74) is 3.10. The maximum absolute atomic E-state index is 11.6. The zero-order chi connectivity index (χ0) is 16.3. The van der Waals surface area contributed by atoms with Crippen molar-refractivity contribution in [3.8, 4) is 17.8 Å². The number of nitrogens with zero attached hydrogens (tertiary/aromatic N) is 1. The summed E-state index contributed by atoms with van der Waals surface area (Å²) < 4.78 is 10.4. The molecule has 22 heavy (non-hydrogen) atoms. The topological polar surface area (TPSA) is 67.9 Å². The highest BCUT2D eigenvalue weighted by Gasteiger charge is 2.34. The van der Waals surface area contributed by atoms with Gasteiger partial charge < -0.3 is 9.47 Å². The Balaban J connectivity index is 2.31. The number of anilines is 1. The maximum atomic E-state index is 11.6. The number of carbonyl (C=O) groups excluding carboxylic acids is 2. The number of fused-ring (bicyclic) bond motifs is 1. The van der Waals surface area contributed by atoms with Gasteiger partial charge in [-0.2, -0.15) is 0 Å². The first-order valence-corrected chi connectivity index (χ1v) is 6.91. The molecule has 6 nitrogen and oxygen atoms in total. The molecule has 0 unspecified atom stereocenters. The average molecular weight is 323 g/mol. The summed E-state index contributed by atoms with van der Waals surface area (Å²) in [5, 5.41) is -0.0373. The summed E-state index contributed by atoms with van der Waals surface area (Å²) in [6.45, 7) is 5.38. The quantitative estimate of drug-likeness (QED) is 0.373. The van der Waals surface area contributed by atoms with Gasteiger partial charge in [0.25, 0.3) is 0 Å². The Morgan fingerprint density at radius 1 is 1.45 bits per heavy atom. The second kappa shape index (κ2) is 6.16. The third kappa shape index (κ3) is 3.43. The summed E-state index contributed by atoms with van der Waals surface area (Å²) in [4.78, 5) is 23.2. The number of rotatable bonds is 1. The van der Waals surface area contributed by atoms with E-state index in [0.29, 0.717) is 17.9 Å². The minimum absolute atomic E-state index is 0.337. The molecule has 1 aromatic rings. The summed E-state index contributed by atoms with van der Waals surface area (Å²) in [5.74, 6) is 2.90. The van der Waals surface area contributed by atoms with E-state index in [9.17, 15) is 9.59 Å². The molecule has 0 aliphatic carbocycles. The highest BCUT2D eigenvalue weighted by molar-refractivity contribution is 6.66. The molecule has 7 heteroatoms. The van der Waals surface area contributed by atoms with Crippen LogP contribution in [0.25, 0.3) is 0 Å². The minimum Gasteiger partial charge on any atom is -0.485 e. The Kier molecular flexibility index (Phi) is 4.48. The van der Waals surface area contributed by atoms with Gasteiger partial charge in [-0.3, -0.25) is 4.79 Å². The Labute approximate surface area is 133 Å². The van der Waals surface area contributed by atoms with Crippen LogP contribution in [0, 0.1) is 12.0 Å². The van der Waals surface area contributed by atoms with E-state index in [-0.39, 0.29) is 0 Å². The van der Waals surface area contributed by atoms with Crippen LogP contribution in [0.4, 0.5) is 15.3 Å². The first-order valence-electron chi connectivity index (χ1n) is 6.54. The Morgan fingerprint density at radius 2 is 2.18 bits per heavy atom. The molecule has 0 aromatic heterocycles. The van der Waals surface area contributed by atoms with Crippen molar-refractivity contribution in [1.82, 2.24) is 5.43 Å². The van der Waals surface area contributed by atoms with Crippen LogP contribution in [-0.4, -0.2) is 17.1 Å². The second-order valence-electron chi connectivity index (χ2n) is 5.25. The molecule has 1 aliphatic rings. The third-order valence-electron chi connectivity index (χ3n) is 2.94. The number of hydrogen-bond acceptors (Lipinski definition) is 4. The van der Waals surface area contributed by atoms with E-state index in [1.807, 2.05) is 19.9 Å². The molecule has 1 aromatic carbocycles. The van der Waals surface area contributed by atoms with Crippen LogP contribution in [0.1, 0.15) is 26.3 Å². The van der Waals surface area contributed by atoms with E-state index < -0.39 is 17.1 Å². The average Bonchev–Trinajstić information content (AvgIpc) is 2.76. The molecule has 0 fully saturated rings. The number of hydrogen-bond donors (Lipinski definition) is 1. The molecule has 1 heterocycles. The number of para-hydroxylation sites is 1. The number of halogens is 1. The predicted octanol–water partition coefficient (Wildman–Crippen LogP) is 3.19. The van der Waals surface area contributed by atoms with Crippen molar-refractivity contribution in [3.05, 3.63) is 23.8 Å². The molecular weight excluding hydrogens is 308 g/mol. The van der Waals surface area contributed by atoms with Gasteiger partial charge in [0.15, 0.2) is 0 Å². The van der Waals surface area contributed by atoms with Gasteiger partial charge in [0, 0.05) is 18.9 Å². The van der Waals surface area contributed by atoms with E-state index >= 15 is 0 Å². The highest BCUT2D eigenvalue weighted by Crippen LogP contribution is 2.41. The van der Waals surface area contributed by atoms with Gasteiger partial charge in [-0.25, -0.2) is 15.2 Å². The van der Waals surface area contributed by atoms with E-state index in [1.54, 1.807) is 12.1 Å². The smallest absolute Gasteiger partial charge is 0.440 e. The van der Waals surface area contributed by atoms with E-state index in [1.165, 1.54) is 6.92 Å². The first-order chi connectivity index (χ1) is 10.3. The molecule has 0 saturated heterocycles. The van der Waals surface area contributed by atoms with Crippen molar-refractivity contribution in [2.24, 2.45) is 0 Å². The van der Waals surface area contributed by atoms with Crippen molar-refractivity contribution in [1.29, 1.82) is 0 Å². The summed E-state index contributed by atoms with van der Waals surface area (Å²) >= 11 is 5.55. The van der Waals surface area contributed by atoms with Gasteiger partial charge in [0.2, 0.25) is 0 Å². The van der Waals surface area contributed by atoms with Crippen molar-refractivity contribution < 1.29 is 19.1 Å². The summed E-state index contributed by atoms with van der Waals surface area (Å²) in [7, 11) is 0. The largest absolute Gasteiger partial charge is 0.485 e. The molecule has 1 N–H and O–H groups in total. The second-order valence-corrected chi connectivity index (χ2v) is 5.57. The molecule has 0 bridgehead atoms. The van der Waals surface area contributed by atoms with Crippen LogP contribution < -0.4 is 15.2 Å². The first kappa shape index (κ1) is 16.0. The SMILES string of the molecule is CC#COC(=O)NN(C(=O)Cl)c1cccc2c1OC(C)(C)C2. The monoisotopic (exact) mass is 322 g/mol. The molecule has 0 radical (unpaired) electrons. The fourth-order valence-electron chi connectivity index (χ4n) is 2.19. The van der Waals surface area contributed by atoms with Crippen LogP contribution in [0.3, 0.4) is 0 Å². The van der Waals surface area contributed by atoms with E-state index in [4.69, 9.17) is 16.3 Å². The zero-order valence-corrected chi connectivity index (χ0v) is 13.2. The van der Waals surface area contributed by atoms with Crippen LogP contribution in [0.15, 0.2) is 18.2 Å². The Bertz CT molecular complexity index is 676. The van der Waals surface area contributed by atoms with E-state index in [0.717, 1.165) is 10.6 Å². The third-order valence-corrected chi connectivity index (χ3v) is 3.10. The van der Waals surface area contributed by atoms with Crippen LogP contribution in [-0.2, 0) is 11.2 Å². The van der Waals surface area contributed by atoms with Gasteiger partial charge in [-0.15, -0.1) is 0 Å². The van der Waals surface area contributed by atoms with Crippen molar-refractivity contribution >= 4 is 28.7 Å². The highest BCUT2D eigenvalue weighted by atomic mass is 35.5. The molecule has 1 aliphatic heterocycles. The molecule has 0 spiro atoms. The number of hydrazine groups is 1. The van der Waals surface area contributed by atoms with Gasteiger partial charge in [-0.1, -0.05) is 18.1 Å². The van der Waals surface area contributed by atoms with Crippen LogP contribution in [0.2, 0.25) is 0 Å². The molecule has 116 valence electrons. The van der Waals surface area contributed by atoms with Crippen LogP contribution in [0.5, 0.6) is 5.75 Å². The summed E-state index contributed by atoms with van der Waals surface area (Å²) in [6.07, 6.45) is 1.90. The lowest BCUT2D eigenvalue weighted by Gasteiger charge is -2.23. The van der Waals surface area contributed by atoms with Gasteiger partial charge in [0.1, 0.15) is 23.1 Å². The lowest BCUT2D eigenvalue weighted by atomic mass is 10.0. The molecule has 2 rings (SSSR count). The maximum Gasteiger partial charge on any atom is 0.440 e. The fraction of sp³-hybridized carbons (Fsp3) is 0.333. The number of ether oxygens (including phenoxy) is 2. The zero-order valence-electron chi connectivity index (χ0n) is 12.4.